The fourth-order valence-electron chi connectivity index (χ4n) is 3.42. The lowest BCUT2D eigenvalue weighted by Crippen LogP contribution is -2.55. The summed E-state index contributed by atoms with van der Waals surface area (Å²) in [7, 11) is 2.08. The van der Waals surface area contributed by atoms with Crippen LogP contribution in [-0.4, -0.2) is 53.8 Å². The molecule has 25 heavy (non-hydrogen) atoms. The molecular formula is C19H27N5O. The average molecular weight is 341 g/mol. The number of rotatable bonds is 7. The summed E-state index contributed by atoms with van der Waals surface area (Å²) in [5.74, 6) is 0.0748. The Hall–Kier alpha value is -2.18. The standard InChI is InChI=1S/C19H27N5O/c1-23(16-17-6-3-2-4-7-17)15-13-21-18(25)19(8-11-20-12-9-19)24-14-5-10-22-24/h2-7,10,14,20H,8-9,11-13,15-16H2,1H3,(H,21,25). The van der Waals surface area contributed by atoms with Gasteiger partial charge in [-0.1, -0.05) is 30.3 Å². The van der Waals surface area contributed by atoms with Crippen molar-refractivity contribution < 1.29 is 4.79 Å². The van der Waals surface area contributed by atoms with Crippen molar-refractivity contribution in [2.75, 3.05) is 33.2 Å². The molecule has 1 fully saturated rings. The summed E-state index contributed by atoms with van der Waals surface area (Å²) >= 11 is 0. The molecule has 1 aromatic carbocycles. The third-order valence-electron chi connectivity index (χ3n) is 4.87. The summed E-state index contributed by atoms with van der Waals surface area (Å²) < 4.78 is 1.83. The van der Waals surface area contributed by atoms with E-state index in [-0.39, 0.29) is 5.91 Å². The molecule has 6 nitrogen and oxygen atoms in total. The lowest BCUT2D eigenvalue weighted by molar-refractivity contribution is -0.132. The van der Waals surface area contributed by atoms with Crippen molar-refractivity contribution in [3.8, 4) is 0 Å². The van der Waals surface area contributed by atoms with Crippen LogP contribution in [0.15, 0.2) is 48.8 Å². The van der Waals surface area contributed by atoms with E-state index >= 15 is 0 Å². The van der Waals surface area contributed by atoms with E-state index in [1.807, 2.05) is 23.0 Å². The first-order valence-electron chi connectivity index (χ1n) is 8.92. The number of likely N-dealkylation sites (N-methyl/N-ethyl adjacent to an activating group) is 1. The van der Waals surface area contributed by atoms with Crippen LogP contribution in [0.3, 0.4) is 0 Å². The zero-order valence-electron chi connectivity index (χ0n) is 14.8. The average Bonchev–Trinajstić information content (AvgIpc) is 3.18. The topological polar surface area (TPSA) is 62.2 Å². The number of benzene rings is 1. The van der Waals surface area contributed by atoms with Crippen molar-refractivity contribution in [2.24, 2.45) is 0 Å². The van der Waals surface area contributed by atoms with Gasteiger partial charge < -0.3 is 15.5 Å². The maximum atomic E-state index is 12.9. The zero-order valence-corrected chi connectivity index (χ0v) is 14.8. The van der Waals surface area contributed by atoms with Gasteiger partial charge in [0.2, 0.25) is 5.91 Å². The molecule has 0 unspecified atom stereocenters. The first kappa shape index (κ1) is 17.6. The van der Waals surface area contributed by atoms with Crippen molar-refractivity contribution in [2.45, 2.75) is 24.9 Å². The fourth-order valence-corrected chi connectivity index (χ4v) is 3.42. The quantitative estimate of drug-likeness (QED) is 0.795. The van der Waals surface area contributed by atoms with Crippen LogP contribution in [0, 0.1) is 0 Å². The van der Waals surface area contributed by atoms with E-state index in [0.29, 0.717) is 6.54 Å². The number of nitrogens with one attached hydrogen (secondary N) is 2. The number of hydrogen-bond acceptors (Lipinski definition) is 4. The highest BCUT2D eigenvalue weighted by molar-refractivity contribution is 5.84. The second-order valence-electron chi connectivity index (χ2n) is 6.71. The van der Waals surface area contributed by atoms with Crippen LogP contribution in [0.25, 0.3) is 0 Å². The minimum absolute atomic E-state index is 0.0748. The lowest BCUT2D eigenvalue weighted by Gasteiger charge is -2.36. The monoisotopic (exact) mass is 341 g/mol. The van der Waals surface area contributed by atoms with Gasteiger partial charge >= 0.3 is 0 Å². The molecule has 1 saturated heterocycles. The first-order chi connectivity index (χ1) is 12.2. The van der Waals surface area contributed by atoms with E-state index in [4.69, 9.17) is 0 Å². The number of hydrogen-bond donors (Lipinski definition) is 2. The molecule has 0 bridgehead atoms. The maximum Gasteiger partial charge on any atom is 0.248 e. The lowest BCUT2D eigenvalue weighted by atomic mass is 9.87. The van der Waals surface area contributed by atoms with E-state index in [1.54, 1.807) is 6.20 Å². The van der Waals surface area contributed by atoms with E-state index in [0.717, 1.165) is 39.0 Å². The molecule has 3 rings (SSSR count). The molecular weight excluding hydrogens is 314 g/mol. The molecule has 0 radical (unpaired) electrons. The van der Waals surface area contributed by atoms with Crippen molar-refractivity contribution in [1.29, 1.82) is 0 Å². The molecule has 1 amide bonds. The van der Waals surface area contributed by atoms with Crippen LogP contribution < -0.4 is 10.6 Å². The molecule has 6 heteroatoms. The Balaban J connectivity index is 1.54. The smallest absolute Gasteiger partial charge is 0.248 e. The summed E-state index contributed by atoms with van der Waals surface area (Å²) in [6, 6.07) is 12.3. The molecule has 2 N–H and O–H groups in total. The van der Waals surface area contributed by atoms with Crippen molar-refractivity contribution in [3.63, 3.8) is 0 Å². The highest BCUT2D eigenvalue weighted by Crippen LogP contribution is 2.27. The first-order valence-corrected chi connectivity index (χ1v) is 8.92. The largest absolute Gasteiger partial charge is 0.353 e. The molecule has 0 saturated carbocycles. The third kappa shape index (κ3) is 4.27. The van der Waals surface area contributed by atoms with Crippen LogP contribution in [0.4, 0.5) is 0 Å². The number of amides is 1. The predicted molar refractivity (Wildman–Crippen MR) is 98.1 cm³/mol. The van der Waals surface area contributed by atoms with Gasteiger partial charge in [0.25, 0.3) is 0 Å². The van der Waals surface area contributed by atoms with Gasteiger partial charge in [0.15, 0.2) is 0 Å². The van der Waals surface area contributed by atoms with Crippen LogP contribution in [-0.2, 0) is 16.9 Å². The summed E-state index contributed by atoms with van der Waals surface area (Å²) in [5, 5.41) is 10.8. The fraction of sp³-hybridized carbons (Fsp3) is 0.474. The van der Waals surface area contributed by atoms with Gasteiger partial charge in [0.05, 0.1) is 0 Å². The summed E-state index contributed by atoms with van der Waals surface area (Å²) in [6.07, 6.45) is 5.16. The second-order valence-corrected chi connectivity index (χ2v) is 6.71. The molecule has 1 aliphatic rings. The predicted octanol–water partition coefficient (Wildman–Crippen LogP) is 1.21. The number of carbonyl (C=O) groups excluding carboxylic acids is 1. The Morgan fingerprint density at radius 3 is 2.72 bits per heavy atom. The molecule has 1 aliphatic heterocycles. The highest BCUT2D eigenvalue weighted by Gasteiger charge is 2.41. The van der Waals surface area contributed by atoms with Crippen LogP contribution >= 0.6 is 0 Å². The number of nitrogens with zero attached hydrogens (tertiary/aromatic N) is 3. The summed E-state index contributed by atoms with van der Waals surface area (Å²) in [5.41, 5.74) is 0.718. The molecule has 0 atom stereocenters. The Morgan fingerprint density at radius 1 is 1.28 bits per heavy atom. The van der Waals surface area contributed by atoms with Crippen molar-refractivity contribution in [1.82, 2.24) is 25.3 Å². The van der Waals surface area contributed by atoms with E-state index < -0.39 is 5.54 Å². The Bertz CT molecular complexity index is 650. The minimum atomic E-state index is -0.563. The maximum absolute atomic E-state index is 12.9. The van der Waals surface area contributed by atoms with Gasteiger partial charge in [-0.3, -0.25) is 9.48 Å². The Morgan fingerprint density at radius 2 is 2.04 bits per heavy atom. The van der Waals surface area contributed by atoms with Crippen LogP contribution in [0.1, 0.15) is 18.4 Å². The van der Waals surface area contributed by atoms with Crippen LogP contribution in [0.2, 0.25) is 0 Å². The molecule has 1 aromatic heterocycles. The summed E-state index contributed by atoms with van der Waals surface area (Å²) in [4.78, 5) is 15.2. The highest BCUT2D eigenvalue weighted by atomic mass is 16.2. The van der Waals surface area contributed by atoms with Gasteiger partial charge in [0, 0.05) is 32.0 Å². The van der Waals surface area contributed by atoms with Crippen LogP contribution in [0.5, 0.6) is 0 Å². The SMILES string of the molecule is CN(CCNC(=O)C1(n2cccn2)CCNCC1)Cc1ccccc1. The van der Waals surface area contributed by atoms with Crippen molar-refractivity contribution in [3.05, 3.63) is 54.4 Å². The number of carbonyl (C=O) groups is 1. The van der Waals surface area contributed by atoms with E-state index in [1.165, 1.54) is 5.56 Å². The molecule has 2 aromatic rings. The van der Waals surface area contributed by atoms with E-state index in [2.05, 4.69) is 51.9 Å². The van der Waals surface area contributed by atoms with Gasteiger partial charge in [-0.15, -0.1) is 0 Å². The Kier molecular flexibility index (Phi) is 5.83. The molecule has 0 aliphatic carbocycles. The number of piperidine rings is 1. The molecule has 134 valence electrons. The van der Waals surface area contributed by atoms with Gasteiger partial charge in [-0.05, 0) is 44.6 Å². The molecule has 2 heterocycles. The van der Waals surface area contributed by atoms with Gasteiger partial charge in [-0.25, -0.2) is 0 Å². The second kappa shape index (κ2) is 8.27. The summed E-state index contributed by atoms with van der Waals surface area (Å²) in [6.45, 7) is 4.00. The van der Waals surface area contributed by atoms with Gasteiger partial charge in [0.1, 0.15) is 5.54 Å². The Labute approximate surface area is 149 Å². The van der Waals surface area contributed by atoms with Crippen molar-refractivity contribution >= 4 is 5.91 Å². The normalized spacial score (nSPS) is 16.7. The third-order valence-corrected chi connectivity index (χ3v) is 4.87. The number of aromatic nitrogens is 2. The molecule has 0 spiro atoms. The van der Waals surface area contributed by atoms with Gasteiger partial charge in [-0.2, -0.15) is 5.10 Å². The zero-order chi connectivity index (χ0) is 17.5. The minimum Gasteiger partial charge on any atom is -0.353 e. The van der Waals surface area contributed by atoms with E-state index in [9.17, 15) is 4.79 Å².